The molecule has 2 aromatic rings. The van der Waals surface area contributed by atoms with E-state index < -0.39 is 0 Å². The molecule has 21 heavy (non-hydrogen) atoms. The minimum Gasteiger partial charge on any atom is -0.355 e. The lowest BCUT2D eigenvalue weighted by Crippen LogP contribution is -2.26. The zero-order valence-corrected chi connectivity index (χ0v) is 12.1. The molecule has 0 bridgehead atoms. The fourth-order valence-electron chi connectivity index (χ4n) is 3.00. The minimum atomic E-state index is 0.281. The van der Waals surface area contributed by atoms with Crippen molar-refractivity contribution >= 4 is 5.82 Å². The maximum absolute atomic E-state index is 5.95. The summed E-state index contributed by atoms with van der Waals surface area (Å²) < 4.78 is 0. The number of hydrogen-bond donors (Lipinski definition) is 1. The van der Waals surface area contributed by atoms with E-state index in [9.17, 15) is 0 Å². The molecule has 3 heterocycles. The molecule has 2 aliphatic rings. The van der Waals surface area contributed by atoms with Crippen LogP contribution in [0.1, 0.15) is 30.7 Å². The highest BCUT2D eigenvalue weighted by atomic mass is 15.2. The summed E-state index contributed by atoms with van der Waals surface area (Å²) in [6, 6.07) is 8.82. The molecule has 4 heteroatoms. The molecular formula is C17H20N4. The molecule has 0 unspecified atom stereocenters. The van der Waals surface area contributed by atoms with Crippen molar-refractivity contribution in [1.82, 2.24) is 9.97 Å². The summed E-state index contributed by atoms with van der Waals surface area (Å²) >= 11 is 0. The molecular weight excluding hydrogens is 260 g/mol. The van der Waals surface area contributed by atoms with Gasteiger partial charge >= 0.3 is 0 Å². The van der Waals surface area contributed by atoms with Crippen molar-refractivity contribution in [3.8, 4) is 11.3 Å². The Bertz CT molecular complexity index is 633. The third-order valence-electron chi connectivity index (χ3n) is 4.43. The van der Waals surface area contributed by atoms with Gasteiger partial charge in [-0.1, -0.05) is 0 Å². The molecule has 1 atom stereocenters. The van der Waals surface area contributed by atoms with E-state index in [1.54, 1.807) is 0 Å². The molecule has 0 aromatic carbocycles. The first kappa shape index (κ1) is 12.8. The Morgan fingerprint density at radius 2 is 2.00 bits per heavy atom. The molecule has 0 radical (unpaired) electrons. The zero-order chi connectivity index (χ0) is 14.2. The molecule has 1 aliphatic heterocycles. The summed E-state index contributed by atoms with van der Waals surface area (Å²) in [7, 11) is 0. The summed E-state index contributed by atoms with van der Waals surface area (Å²) in [5.41, 5.74) is 9.48. The number of pyridine rings is 2. The second-order valence-electron chi connectivity index (χ2n) is 6.15. The third kappa shape index (κ3) is 2.63. The van der Waals surface area contributed by atoms with Crippen molar-refractivity contribution in [3.05, 3.63) is 42.2 Å². The van der Waals surface area contributed by atoms with Gasteiger partial charge in [-0.2, -0.15) is 0 Å². The molecule has 4 nitrogen and oxygen atoms in total. The SMILES string of the molecule is N[C@@H]1CCN(c2ccc(-c3cc(C4CC4)ccn3)cn2)C1. The van der Waals surface area contributed by atoms with Crippen LogP contribution in [0.5, 0.6) is 0 Å². The van der Waals surface area contributed by atoms with Gasteiger partial charge in [0.2, 0.25) is 0 Å². The van der Waals surface area contributed by atoms with Gasteiger partial charge in [-0.25, -0.2) is 4.98 Å². The molecule has 1 saturated carbocycles. The van der Waals surface area contributed by atoms with Crippen LogP contribution in [-0.4, -0.2) is 29.1 Å². The van der Waals surface area contributed by atoms with Crippen molar-refractivity contribution in [2.75, 3.05) is 18.0 Å². The van der Waals surface area contributed by atoms with Crippen molar-refractivity contribution in [2.24, 2.45) is 5.73 Å². The molecule has 2 N–H and O–H groups in total. The lowest BCUT2D eigenvalue weighted by molar-refractivity contribution is 0.751. The van der Waals surface area contributed by atoms with Gasteiger partial charge in [0, 0.05) is 37.1 Å². The van der Waals surface area contributed by atoms with E-state index in [4.69, 9.17) is 5.73 Å². The Morgan fingerprint density at radius 1 is 1.10 bits per heavy atom. The predicted octanol–water partition coefficient (Wildman–Crippen LogP) is 2.56. The van der Waals surface area contributed by atoms with Crippen LogP contribution in [0.25, 0.3) is 11.3 Å². The van der Waals surface area contributed by atoms with Gasteiger partial charge in [0.05, 0.1) is 5.69 Å². The highest BCUT2D eigenvalue weighted by Crippen LogP contribution is 2.40. The van der Waals surface area contributed by atoms with E-state index in [1.807, 2.05) is 12.4 Å². The molecule has 2 fully saturated rings. The predicted molar refractivity (Wildman–Crippen MR) is 84.2 cm³/mol. The number of aromatic nitrogens is 2. The monoisotopic (exact) mass is 280 g/mol. The van der Waals surface area contributed by atoms with Gasteiger partial charge in [0.15, 0.2) is 0 Å². The summed E-state index contributed by atoms with van der Waals surface area (Å²) in [6.07, 6.45) is 7.52. The summed E-state index contributed by atoms with van der Waals surface area (Å²) in [5, 5.41) is 0. The molecule has 0 spiro atoms. The van der Waals surface area contributed by atoms with E-state index >= 15 is 0 Å². The van der Waals surface area contributed by atoms with Crippen LogP contribution in [0, 0.1) is 0 Å². The Balaban J connectivity index is 1.57. The van der Waals surface area contributed by atoms with Gasteiger partial charge in [-0.05, 0) is 55.0 Å². The minimum absolute atomic E-state index is 0.281. The average Bonchev–Trinajstić information content (AvgIpc) is 3.29. The molecule has 0 amide bonds. The maximum Gasteiger partial charge on any atom is 0.128 e. The van der Waals surface area contributed by atoms with Gasteiger partial charge in [-0.15, -0.1) is 0 Å². The van der Waals surface area contributed by atoms with Gasteiger partial charge < -0.3 is 10.6 Å². The number of hydrogen-bond acceptors (Lipinski definition) is 4. The Kier molecular flexibility index (Phi) is 3.11. The van der Waals surface area contributed by atoms with Crippen molar-refractivity contribution in [1.29, 1.82) is 0 Å². The first-order valence-electron chi connectivity index (χ1n) is 7.72. The first-order chi connectivity index (χ1) is 10.3. The number of anilines is 1. The van der Waals surface area contributed by atoms with Crippen LogP contribution in [-0.2, 0) is 0 Å². The molecule has 1 aliphatic carbocycles. The fraction of sp³-hybridized carbons (Fsp3) is 0.412. The zero-order valence-electron chi connectivity index (χ0n) is 12.1. The Hall–Kier alpha value is -1.94. The smallest absolute Gasteiger partial charge is 0.128 e. The van der Waals surface area contributed by atoms with E-state index in [2.05, 4.69) is 39.1 Å². The number of rotatable bonds is 3. The Morgan fingerprint density at radius 3 is 2.67 bits per heavy atom. The molecule has 108 valence electrons. The molecule has 4 rings (SSSR count). The van der Waals surface area contributed by atoms with Crippen LogP contribution in [0.2, 0.25) is 0 Å². The van der Waals surface area contributed by atoms with Crippen molar-refractivity contribution < 1.29 is 0 Å². The third-order valence-corrected chi connectivity index (χ3v) is 4.43. The standard InChI is InChI=1S/C17H20N4/c18-15-6-8-21(11-15)17-4-3-14(10-20-17)16-9-13(5-7-19-16)12-1-2-12/h3-5,7,9-10,12,15H,1-2,6,8,11,18H2/t15-/m1/s1. The summed E-state index contributed by atoms with van der Waals surface area (Å²) in [4.78, 5) is 11.3. The van der Waals surface area contributed by atoms with E-state index in [0.29, 0.717) is 0 Å². The van der Waals surface area contributed by atoms with Gasteiger partial charge in [0.25, 0.3) is 0 Å². The lowest BCUT2D eigenvalue weighted by atomic mass is 10.1. The van der Waals surface area contributed by atoms with Crippen LogP contribution in [0.3, 0.4) is 0 Å². The Labute approximate surface area is 125 Å². The second kappa shape index (κ2) is 5.11. The molecule has 1 saturated heterocycles. The van der Waals surface area contributed by atoms with Crippen LogP contribution in [0.15, 0.2) is 36.7 Å². The van der Waals surface area contributed by atoms with E-state index in [0.717, 1.165) is 42.5 Å². The van der Waals surface area contributed by atoms with Crippen LogP contribution >= 0.6 is 0 Å². The number of nitrogens with two attached hydrogens (primary N) is 1. The highest BCUT2D eigenvalue weighted by Gasteiger charge is 2.24. The van der Waals surface area contributed by atoms with Gasteiger partial charge in [0.1, 0.15) is 5.82 Å². The first-order valence-corrected chi connectivity index (χ1v) is 7.72. The highest BCUT2D eigenvalue weighted by molar-refractivity contribution is 5.61. The topological polar surface area (TPSA) is 55.0 Å². The van der Waals surface area contributed by atoms with Gasteiger partial charge in [-0.3, -0.25) is 4.98 Å². The van der Waals surface area contributed by atoms with E-state index in [-0.39, 0.29) is 6.04 Å². The normalized spacial score (nSPS) is 21.8. The lowest BCUT2D eigenvalue weighted by Gasteiger charge is -2.16. The van der Waals surface area contributed by atoms with Crippen molar-refractivity contribution in [2.45, 2.75) is 31.2 Å². The van der Waals surface area contributed by atoms with Crippen LogP contribution in [0.4, 0.5) is 5.82 Å². The van der Waals surface area contributed by atoms with Crippen LogP contribution < -0.4 is 10.6 Å². The fourth-order valence-corrected chi connectivity index (χ4v) is 3.00. The summed E-state index contributed by atoms with van der Waals surface area (Å²) in [6.45, 7) is 1.91. The maximum atomic E-state index is 5.95. The average molecular weight is 280 g/mol. The second-order valence-corrected chi connectivity index (χ2v) is 6.15. The largest absolute Gasteiger partial charge is 0.355 e. The quantitative estimate of drug-likeness (QED) is 0.939. The van der Waals surface area contributed by atoms with Crippen molar-refractivity contribution in [3.63, 3.8) is 0 Å². The molecule has 2 aromatic heterocycles. The number of nitrogens with zero attached hydrogens (tertiary/aromatic N) is 3. The van der Waals surface area contributed by atoms with E-state index in [1.165, 1.54) is 18.4 Å². The summed E-state index contributed by atoms with van der Waals surface area (Å²) in [5.74, 6) is 1.77.